The first-order valence-corrected chi connectivity index (χ1v) is 18.7. The summed E-state index contributed by atoms with van der Waals surface area (Å²) in [5.41, 5.74) is 0.200. The minimum atomic E-state index is -0.817. The van der Waals surface area contributed by atoms with Gasteiger partial charge in [0.1, 0.15) is 16.7 Å². The van der Waals surface area contributed by atoms with E-state index in [1.165, 1.54) is 36.8 Å². The van der Waals surface area contributed by atoms with Gasteiger partial charge in [0.15, 0.2) is 0 Å². The molecule has 7 rings (SSSR count). The van der Waals surface area contributed by atoms with Crippen molar-refractivity contribution in [2.45, 2.75) is 0 Å². The fourth-order valence-electron chi connectivity index (χ4n) is 6.78. The summed E-state index contributed by atoms with van der Waals surface area (Å²) in [6, 6.07) is 54.7. The maximum absolute atomic E-state index is 13.3. The zero-order valence-electron chi connectivity index (χ0n) is 31.9. The highest BCUT2D eigenvalue weighted by Crippen LogP contribution is 2.46. The second-order valence-corrected chi connectivity index (χ2v) is 13.1. The average molecular weight is 793 g/mol. The van der Waals surface area contributed by atoms with E-state index in [0.29, 0.717) is 34.1 Å². The normalized spacial score (nSPS) is 11.2. The number of rotatable bonds is 15. The number of nitro groups is 3. The topological polar surface area (TPSA) is 139 Å². The highest BCUT2D eigenvalue weighted by atomic mass is 16.6. The first-order valence-electron chi connectivity index (χ1n) is 18.7. The Morgan fingerprint density at radius 2 is 0.467 bits per heavy atom. The summed E-state index contributed by atoms with van der Waals surface area (Å²) in [7, 11) is 0. The second-order valence-electron chi connectivity index (χ2n) is 13.1. The van der Waals surface area contributed by atoms with Crippen molar-refractivity contribution in [1.82, 2.24) is 0 Å². The minimum absolute atomic E-state index is 0.441. The van der Waals surface area contributed by atoms with E-state index in [2.05, 4.69) is 0 Å². The molecule has 12 heteroatoms. The molecule has 7 aromatic carbocycles. The van der Waals surface area contributed by atoms with E-state index in [9.17, 15) is 30.3 Å². The Morgan fingerprint density at radius 1 is 0.300 bits per heavy atom. The molecule has 0 radical (unpaired) electrons. The second kappa shape index (κ2) is 18.5. The van der Waals surface area contributed by atoms with Gasteiger partial charge in [0.2, 0.25) is 0 Å². The molecule has 0 N–H and O–H groups in total. The molecule has 0 amide bonds. The van der Waals surface area contributed by atoms with E-state index < -0.39 is 48.5 Å². The molecule has 60 heavy (non-hydrogen) atoms. The van der Waals surface area contributed by atoms with Crippen LogP contribution < -0.4 is 14.7 Å². The molecule has 0 saturated carbocycles. The van der Waals surface area contributed by atoms with Crippen LogP contribution in [0.1, 0.15) is 16.7 Å². The molecule has 0 aromatic heterocycles. The van der Waals surface area contributed by atoms with Crippen LogP contribution in [0.5, 0.6) is 0 Å². The molecule has 294 valence electrons. The first-order chi connectivity index (χ1) is 29.3. The molecule has 12 nitrogen and oxygen atoms in total. The molecule has 0 aliphatic heterocycles. The highest BCUT2D eigenvalue weighted by Gasteiger charge is 2.39. The number of para-hydroxylation sites is 6. The van der Waals surface area contributed by atoms with Crippen molar-refractivity contribution in [3.8, 4) is 0 Å². The fourth-order valence-corrected chi connectivity index (χ4v) is 6.78. The van der Waals surface area contributed by atoms with Crippen molar-refractivity contribution < 1.29 is 14.8 Å². The minimum Gasteiger partial charge on any atom is -0.317 e. The van der Waals surface area contributed by atoms with Gasteiger partial charge in [0.05, 0.1) is 14.8 Å². The summed E-state index contributed by atoms with van der Waals surface area (Å²) in [5, 5.41) is 40.0. The zero-order valence-corrected chi connectivity index (χ0v) is 31.9. The molecular formula is C48H36N6O6. The summed E-state index contributed by atoms with van der Waals surface area (Å²) >= 11 is 0. The number of nitro benzene ring substituents is 3. The molecule has 0 saturated heterocycles. The quantitative estimate of drug-likeness (QED) is 0.0733. The third-order valence-electron chi connectivity index (χ3n) is 9.46. The van der Waals surface area contributed by atoms with Crippen LogP contribution >= 0.6 is 0 Å². The van der Waals surface area contributed by atoms with Gasteiger partial charge in [-0.05, 0) is 91.0 Å². The van der Waals surface area contributed by atoms with Crippen molar-refractivity contribution in [2.75, 3.05) is 14.7 Å². The number of hydrogen-bond donors (Lipinski definition) is 0. The standard InChI is InChI=1S/C48H36N6O6/c55-52(56)46-43(31-34-49(37-19-7-1-8-20-37)38-21-9-2-10-22-38)47(53(57)58)45(33-36-51(41-27-15-5-16-28-41)42-29-17-6-18-30-42)48(54(59)60)44(46)32-35-50(39-23-11-3-12-24-39)40-25-13-4-14-26-40/h1-36H/b34-31+,35-32+,36-33+. The monoisotopic (exact) mass is 792 g/mol. The van der Waals surface area contributed by atoms with Gasteiger partial charge in [-0.1, -0.05) is 109 Å². The molecule has 0 aliphatic rings. The maximum Gasteiger partial charge on any atom is 0.297 e. The Morgan fingerprint density at radius 3 is 0.617 bits per heavy atom. The summed E-state index contributed by atoms with van der Waals surface area (Å²) in [5.74, 6) is 0. The van der Waals surface area contributed by atoms with Gasteiger partial charge in [0.25, 0.3) is 17.1 Å². The molecule has 0 bridgehead atoms. The van der Waals surface area contributed by atoms with Gasteiger partial charge in [-0.3, -0.25) is 30.3 Å². The molecule has 0 heterocycles. The highest BCUT2D eigenvalue weighted by molar-refractivity contribution is 5.92. The average Bonchev–Trinajstić information content (AvgIpc) is 3.28. The van der Waals surface area contributed by atoms with E-state index in [-0.39, 0.29) is 0 Å². The summed E-state index contributed by atoms with van der Waals surface area (Å²) in [4.78, 5) is 42.8. The van der Waals surface area contributed by atoms with Crippen LogP contribution in [0.2, 0.25) is 0 Å². The van der Waals surface area contributed by atoms with Gasteiger partial charge < -0.3 is 14.7 Å². The van der Waals surface area contributed by atoms with Crippen LogP contribution in [0, 0.1) is 30.3 Å². The van der Waals surface area contributed by atoms with Gasteiger partial charge in [0, 0.05) is 52.7 Å². The van der Waals surface area contributed by atoms with Crippen molar-refractivity contribution in [3.05, 3.63) is 248 Å². The summed E-state index contributed by atoms with van der Waals surface area (Å²) in [6.07, 6.45) is 8.29. The number of nitrogens with zero attached hydrogens (tertiary/aromatic N) is 6. The lowest BCUT2D eigenvalue weighted by Gasteiger charge is -2.22. The Bertz CT molecular complexity index is 2240. The van der Waals surface area contributed by atoms with Crippen LogP contribution in [0.15, 0.2) is 201 Å². The van der Waals surface area contributed by atoms with E-state index in [1.807, 2.05) is 182 Å². The fraction of sp³-hybridized carbons (Fsp3) is 0. The SMILES string of the molecule is O=[N+]([O-])c1c(/C=C/N(c2ccccc2)c2ccccc2)c([N+](=O)[O-])c(/C=C/N(c2ccccc2)c2ccccc2)c([N+](=O)[O-])c1/C=C/N(c1ccccc1)c1ccccc1. The first kappa shape index (κ1) is 39.6. The Hall–Kier alpha value is -8.64. The summed E-state index contributed by atoms with van der Waals surface area (Å²) < 4.78 is 0. The molecule has 0 atom stereocenters. The molecule has 7 aromatic rings. The summed E-state index contributed by atoms with van der Waals surface area (Å²) in [6.45, 7) is 0. The van der Waals surface area contributed by atoms with Crippen molar-refractivity contribution >= 4 is 69.4 Å². The Labute approximate surface area is 345 Å². The molecule has 0 spiro atoms. The zero-order chi connectivity index (χ0) is 41.8. The van der Waals surface area contributed by atoms with Crippen molar-refractivity contribution in [3.63, 3.8) is 0 Å². The molecule has 0 fully saturated rings. The van der Waals surface area contributed by atoms with Gasteiger partial charge in [-0.25, -0.2) is 0 Å². The van der Waals surface area contributed by atoms with E-state index in [1.54, 1.807) is 14.7 Å². The molecular weight excluding hydrogens is 757 g/mol. The molecule has 0 aliphatic carbocycles. The van der Waals surface area contributed by atoms with Crippen LogP contribution in [-0.4, -0.2) is 14.8 Å². The van der Waals surface area contributed by atoms with Crippen LogP contribution in [0.25, 0.3) is 18.2 Å². The number of hydrogen-bond acceptors (Lipinski definition) is 9. The predicted molar refractivity (Wildman–Crippen MR) is 239 cm³/mol. The lowest BCUT2D eigenvalue weighted by molar-refractivity contribution is -0.403. The van der Waals surface area contributed by atoms with E-state index in [4.69, 9.17) is 0 Å². The maximum atomic E-state index is 13.3. The third-order valence-corrected chi connectivity index (χ3v) is 9.46. The van der Waals surface area contributed by atoms with Gasteiger partial charge in [-0.15, -0.1) is 0 Å². The predicted octanol–water partition coefficient (Wildman–Crippen LogP) is 12.8. The van der Waals surface area contributed by atoms with Crippen molar-refractivity contribution in [1.29, 1.82) is 0 Å². The third kappa shape index (κ3) is 8.83. The largest absolute Gasteiger partial charge is 0.317 e. The lowest BCUT2D eigenvalue weighted by atomic mass is 9.96. The van der Waals surface area contributed by atoms with Crippen LogP contribution in [0.4, 0.5) is 51.2 Å². The van der Waals surface area contributed by atoms with Crippen LogP contribution in [0.3, 0.4) is 0 Å². The lowest BCUT2D eigenvalue weighted by Crippen LogP contribution is -2.12. The number of anilines is 6. The Balaban J connectivity index is 1.54. The smallest absolute Gasteiger partial charge is 0.297 e. The van der Waals surface area contributed by atoms with E-state index in [0.717, 1.165) is 0 Å². The van der Waals surface area contributed by atoms with Gasteiger partial charge in [-0.2, -0.15) is 0 Å². The van der Waals surface area contributed by atoms with Gasteiger partial charge >= 0.3 is 0 Å². The Kier molecular flexibility index (Phi) is 12.2. The molecule has 0 unspecified atom stereocenters. The number of benzene rings is 7. The van der Waals surface area contributed by atoms with Crippen molar-refractivity contribution in [2.24, 2.45) is 0 Å². The van der Waals surface area contributed by atoms with Crippen LogP contribution in [-0.2, 0) is 0 Å². The van der Waals surface area contributed by atoms with E-state index >= 15 is 0 Å².